The number of hydrazone groups is 1. The maximum Gasteiger partial charge on any atom is 0.125 e. The van der Waals surface area contributed by atoms with E-state index in [2.05, 4.69) is 28.7 Å². The number of anilines is 1. The second-order valence-corrected chi connectivity index (χ2v) is 6.46. The monoisotopic (exact) mass is 426 g/mol. The standard InChI is InChI=1S/C22H31FN8/c1-5-16(10-24)7-6-15(2)30-11-18(25)13-31(29-4)14-22(27)19-8-17(23)9-21(26)20(19)12-28-3/h5-9,11-12,14,30H,2,4,10,13,24-27H2,1,3H3/b7-6-,16-5+,18-11-,22-14-,28-12-. The minimum atomic E-state index is -0.513. The van der Waals surface area contributed by atoms with Crippen LogP contribution in [-0.4, -0.2) is 38.1 Å². The Kier molecular flexibility index (Phi) is 10.3. The first-order valence-electron chi connectivity index (χ1n) is 9.41. The van der Waals surface area contributed by atoms with Crippen molar-refractivity contribution in [2.45, 2.75) is 6.92 Å². The first kappa shape index (κ1) is 25.2. The van der Waals surface area contributed by atoms with Gasteiger partial charge in [0.15, 0.2) is 0 Å². The van der Waals surface area contributed by atoms with E-state index in [1.54, 1.807) is 19.3 Å². The maximum atomic E-state index is 13.9. The Morgan fingerprint density at radius 3 is 2.58 bits per heavy atom. The molecule has 9 heteroatoms. The summed E-state index contributed by atoms with van der Waals surface area (Å²) >= 11 is 0. The van der Waals surface area contributed by atoms with Gasteiger partial charge in [-0.3, -0.25) is 10.0 Å². The number of hydrogen-bond acceptors (Lipinski definition) is 8. The average Bonchev–Trinajstić information content (AvgIpc) is 2.74. The van der Waals surface area contributed by atoms with Gasteiger partial charge < -0.3 is 28.3 Å². The third-order valence-corrected chi connectivity index (χ3v) is 4.11. The van der Waals surface area contributed by atoms with Crippen molar-refractivity contribution >= 4 is 24.3 Å². The van der Waals surface area contributed by atoms with Gasteiger partial charge in [0.2, 0.25) is 0 Å². The minimum absolute atomic E-state index is 0.180. The van der Waals surface area contributed by atoms with E-state index in [1.807, 2.05) is 19.1 Å². The van der Waals surface area contributed by atoms with E-state index in [0.29, 0.717) is 29.1 Å². The molecule has 9 N–H and O–H groups in total. The molecule has 0 radical (unpaired) electrons. The largest absolute Gasteiger partial charge is 0.399 e. The maximum absolute atomic E-state index is 13.9. The van der Waals surface area contributed by atoms with Gasteiger partial charge in [-0.15, -0.1) is 0 Å². The summed E-state index contributed by atoms with van der Waals surface area (Å²) in [7, 11) is 1.58. The van der Waals surface area contributed by atoms with E-state index in [0.717, 1.165) is 5.57 Å². The van der Waals surface area contributed by atoms with Crippen LogP contribution in [0, 0.1) is 5.82 Å². The molecule has 0 unspecified atom stereocenters. The molecule has 1 aromatic carbocycles. The lowest BCUT2D eigenvalue weighted by atomic mass is 10.0. The average molecular weight is 427 g/mol. The van der Waals surface area contributed by atoms with Crippen molar-refractivity contribution in [3.8, 4) is 0 Å². The molecule has 1 rings (SSSR count). The molecule has 0 saturated carbocycles. The SMILES string of the molecule is C=NN(/C=C(\N)c1cc(F)cc(N)c1/C=N\C)C/C(N)=C/NC(=C)/C=C\C(=C/C)CN. The molecule has 0 saturated heterocycles. The zero-order chi connectivity index (χ0) is 23.4. The number of nitrogens with zero attached hydrogens (tertiary/aromatic N) is 3. The van der Waals surface area contributed by atoms with Crippen LogP contribution in [0.2, 0.25) is 0 Å². The van der Waals surface area contributed by atoms with Gasteiger partial charge in [-0.1, -0.05) is 18.7 Å². The number of aliphatic imine (C=N–C) groups is 1. The topological polar surface area (TPSA) is 144 Å². The molecule has 0 amide bonds. The summed E-state index contributed by atoms with van der Waals surface area (Å²) in [6.07, 6.45) is 10.2. The van der Waals surface area contributed by atoms with Crippen LogP contribution in [0.25, 0.3) is 5.70 Å². The highest BCUT2D eigenvalue weighted by Crippen LogP contribution is 2.22. The van der Waals surface area contributed by atoms with E-state index in [-0.39, 0.29) is 17.9 Å². The van der Waals surface area contributed by atoms with E-state index in [4.69, 9.17) is 22.9 Å². The summed E-state index contributed by atoms with van der Waals surface area (Å²) in [5.74, 6) is -0.513. The number of benzene rings is 1. The van der Waals surface area contributed by atoms with Crippen molar-refractivity contribution in [3.63, 3.8) is 0 Å². The Morgan fingerprint density at radius 1 is 1.29 bits per heavy atom. The first-order valence-corrected chi connectivity index (χ1v) is 9.41. The molecule has 0 spiro atoms. The van der Waals surface area contributed by atoms with Gasteiger partial charge in [-0.25, -0.2) is 4.39 Å². The van der Waals surface area contributed by atoms with Gasteiger partial charge in [-0.05, 0) is 30.7 Å². The molecule has 1 aromatic rings. The van der Waals surface area contributed by atoms with Crippen LogP contribution in [0.3, 0.4) is 0 Å². The fourth-order valence-electron chi connectivity index (χ4n) is 2.47. The number of rotatable bonds is 11. The molecule has 0 atom stereocenters. The Morgan fingerprint density at radius 2 is 2.00 bits per heavy atom. The number of hydrogen-bond donors (Lipinski definition) is 5. The predicted molar refractivity (Wildman–Crippen MR) is 129 cm³/mol. The first-order chi connectivity index (χ1) is 14.7. The zero-order valence-electron chi connectivity index (χ0n) is 18.0. The number of nitrogens with one attached hydrogen (secondary N) is 1. The van der Waals surface area contributed by atoms with Crippen molar-refractivity contribution in [1.29, 1.82) is 0 Å². The van der Waals surface area contributed by atoms with Crippen LogP contribution in [0.1, 0.15) is 18.1 Å². The molecule has 0 fully saturated rings. The molecule has 0 aliphatic heterocycles. The lowest BCUT2D eigenvalue weighted by molar-refractivity contribution is 0.435. The van der Waals surface area contributed by atoms with E-state index in [1.165, 1.54) is 29.6 Å². The number of nitrogens with two attached hydrogens (primary N) is 4. The van der Waals surface area contributed by atoms with Crippen LogP contribution >= 0.6 is 0 Å². The van der Waals surface area contributed by atoms with Gasteiger partial charge in [0.1, 0.15) is 5.82 Å². The third kappa shape index (κ3) is 8.19. The Balaban J connectivity index is 2.96. The molecule has 0 heterocycles. The van der Waals surface area contributed by atoms with Crippen LogP contribution in [0.15, 0.2) is 76.4 Å². The molecule has 8 nitrogen and oxygen atoms in total. The fraction of sp³-hybridized carbons (Fsp3) is 0.182. The van der Waals surface area contributed by atoms with Crippen molar-refractivity contribution < 1.29 is 4.39 Å². The molecule has 166 valence electrons. The Labute approximate surface area is 182 Å². The number of allylic oxidation sites excluding steroid dienone is 2. The summed E-state index contributed by atoms with van der Waals surface area (Å²) in [4.78, 5) is 3.94. The van der Waals surface area contributed by atoms with Gasteiger partial charge in [-0.2, -0.15) is 5.10 Å². The van der Waals surface area contributed by atoms with E-state index >= 15 is 0 Å². The molecule has 0 aliphatic rings. The van der Waals surface area contributed by atoms with Gasteiger partial charge >= 0.3 is 0 Å². The third-order valence-electron chi connectivity index (χ3n) is 4.11. The normalized spacial score (nSPS) is 13.1. The second-order valence-electron chi connectivity index (χ2n) is 6.46. The highest BCUT2D eigenvalue weighted by molar-refractivity contribution is 5.93. The molecule has 0 bridgehead atoms. The van der Waals surface area contributed by atoms with Crippen molar-refractivity contribution in [2.24, 2.45) is 27.3 Å². The summed E-state index contributed by atoms with van der Waals surface area (Å²) in [5, 5.41) is 8.28. The minimum Gasteiger partial charge on any atom is -0.399 e. The summed E-state index contributed by atoms with van der Waals surface area (Å²) in [5.41, 5.74) is 27.1. The molecule has 0 aliphatic carbocycles. The van der Waals surface area contributed by atoms with Crippen molar-refractivity contribution in [2.75, 3.05) is 25.9 Å². The van der Waals surface area contributed by atoms with Crippen LogP contribution in [0.4, 0.5) is 10.1 Å². The predicted octanol–water partition coefficient (Wildman–Crippen LogP) is 2.00. The van der Waals surface area contributed by atoms with Crippen LogP contribution < -0.4 is 28.3 Å². The van der Waals surface area contributed by atoms with E-state index < -0.39 is 5.82 Å². The molecule has 0 aromatic heterocycles. The number of halogens is 1. The smallest absolute Gasteiger partial charge is 0.125 e. The van der Waals surface area contributed by atoms with Crippen LogP contribution in [0.5, 0.6) is 0 Å². The Hall–Kier alpha value is -3.85. The van der Waals surface area contributed by atoms with Gasteiger partial charge in [0, 0.05) is 67.1 Å². The number of nitrogen functional groups attached to an aromatic ring is 1. The highest BCUT2D eigenvalue weighted by atomic mass is 19.1. The van der Waals surface area contributed by atoms with Crippen molar-refractivity contribution in [1.82, 2.24) is 10.3 Å². The lowest BCUT2D eigenvalue weighted by Crippen LogP contribution is -2.21. The van der Waals surface area contributed by atoms with Gasteiger partial charge in [0.25, 0.3) is 0 Å². The Bertz CT molecular complexity index is 941. The van der Waals surface area contributed by atoms with Crippen LogP contribution in [-0.2, 0) is 0 Å². The summed E-state index contributed by atoms with van der Waals surface area (Å²) < 4.78 is 13.9. The highest BCUT2D eigenvalue weighted by Gasteiger charge is 2.11. The second kappa shape index (κ2) is 12.7. The fourth-order valence-corrected chi connectivity index (χ4v) is 2.47. The van der Waals surface area contributed by atoms with Gasteiger partial charge in [0.05, 0.1) is 12.2 Å². The zero-order valence-corrected chi connectivity index (χ0v) is 18.0. The molecule has 31 heavy (non-hydrogen) atoms. The summed E-state index contributed by atoms with van der Waals surface area (Å²) in [6, 6.07) is 2.48. The molecular formula is C22H31FN8. The quantitative estimate of drug-likeness (QED) is 0.158. The molecular weight excluding hydrogens is 395 g/mol. The van der Waals surface area contributed by atoms with Crippen molar-refractivity contribution in [3.05, 3.63) is 83.3 Å². The summed E-state index contributed by atoms with van der Waals surface area (Å²) in [6.45, 7) is 9.94. The van der Waals surface area contributed by atoms with E-state index in [9.17, 15) is 4.39 Å². The lowest BCUT2D eigenvalue weighted by Gasteiger charge is -2.17.